The minimum atomic E-state index is -0.434. The van der Waals surface area contributed by atoms with Crippen molar-refractivity contribution in [2.75, 3.05) is 12.4 Å². The van der Waals surface area contributed by atoms with E-state index in [1.54, 1.807) is 18.2 Å². The van der Waals surface area contributed by atoms with E-state index in [4.69, 9.17) is 16.3 Å². The van der Waals surface area contributed by atoms with E-state index in [0.29, 0.717) is 16.3 Å². The highest BCUT2D eigenvalue weighted by Gasteiger charge is 2.13. The second-order valence-electron chi connectivity index (χ2n) is 6.10. The summed E-state index contributed by atoms with van der Waals surface area (Å²) < 4.78 is 6.99. The third-order valence-electron chi connectivity index (χ3n) is 4.39. The number of fused-ring (bicyclic) bond motifs is 1. The number of rotatable bonds is 4. The SMILES string of the molecule is COC(=O)c1cc(Cl)ccc1Nc1ccc2c(ccn2-c2ccccc2)c1. The highest BCUT2D eigenvalue weighted by atomic mass is 35.5. The van der Waals surface area contributed by atoms with E-state index in [1.165, 1.54) is 7.11 Å². The van der Waals surface area contributed by atoms with Gasteiger partial charge in [0.2, 0.25) is 0 Å². The summed E-state index contributed by atoms with van der Waals surface area (Å²) in [4.78, 5) is 12.0. The summed E-state index contributed by atoms with van der Waals surface area (Å²) >= 11 is 6.02. The van der Waals surface area contributed by atoms with Crippen molar-refractivity contribution in [3.05, 3.63) is 89.6 Å². The molecular formula is C22H17ClN2O2. The van der Waals surface area contributed by atoms with E-state index in [2.05, 4.69) is 34.1 Å². The number of carbonyl (C=O) groups is 1. The van der Waals surface area contributed by atoms with E-state index < -0.39 is 5.97 Å². The van der Waals surface area contributed by atoms with Crippen molar-refractivity contribution in [1.29, 1.82) is 0 Å². The lowest BCUT2D eigenvalue weighted by molar-refractivity contribution is 0.0602. The van der Waals surface area contributed by atoms with Gasteiger partial charge in [-0.2, -0.15) is 0 Å². The van der Waals surface area contributed by atoms with Crippen LogP contribution in [-0.2, 0) is 4.74 Å². The Morgan fingerprint density at radius 2 is 1.81 bits per heavy atom. The van der Waals surface area contributed by atoms with Crippen molar-refractivity contribution in [3.8, 4) is 5.69 Å². The molecule has 4 rings (SSSR count). The Labute approximate surface area is 162 Å². The Morgan fingerprint density at radius 1 is 1.00 bits per heavy atom. The number of benzene rings is 3. The number of aromatic nitrogens is 1. The fraction of sp³-hybridized carbons (Fsp3) is 0.0455. The molecule has 0 fully saturated rings. The molecule has 3 aromatic carbocycles. The van der Waals surface area contributed by atoms with Gasteiger partial charge in [0, 0.05) is 28.0 Å². The molecule has 0 radical (unpaired) electrons. The van der Waals surface area contributed by atoms with Gasteiger partial charge in [0.15, 0.2) is 0 Å². The van der Waals surface area contributed by atoms with Crippen LogP contribution in [-0.4, -0.2) is 17.6 Å². The van der Waals surface area contributed by atoms with Gasteiger partial charge in [-0.1, -0.05) is 29.8 Å². The summed E-state index contributed by atoms with van der Waals surface area (Å²) in [7, 11) is 1.35. The van der Waals surface area contributed by atoms with Gasteiger partial charge in [0.25, 0.3) is 0 Å². The number of anilines is 2. The van der Waals surface area contributed by atoms with Gasteiger partial charge in [-0.25, -0.2) is 4.79 Å². The van der Waals surface area contributed by atoms with Crippen molar-refractivity contribution in [1.82, 2.24) is 4.57 Å². The molecule has 0 atom stereocenters. The maximum absolute atomic E-state index is 12.0. The third-order valence-corrected chi connectivity index (χ3v) is 4.63. The van der Waals surface area contributed by atoms with Crippen molar-refractivity contribution in [2.45, 2.75) is 0 Å². The maximum atomic E-state index is 12.0. The molecule has 27 heavy (non-hydrogen) atoms. The number of hydrogen-bond donors (Lipinski definition) is 1. The summed E-state index contributed by atoms with van der Waals surface area (Å²) in [5.41, 5.74) is 4.13. The monoisotopic (exact) mass is 376 g/mol. The lowest BCUT2D eigenvalue weighted by Gasteiger charge is -2.12. The van der Waals surface area contributed by atoms with Gasteiger partial charge in [-0.15, -0.1) is 0 Å². The van der Waals surface area contributed by atoms with Gasteiger partial charge in [0.05, 0.1) is 23.9 Å². The second kappa shape index (κ2) is 7.17. The molecule has 0 bridgehead atoms. The number of carbonyl (C=O) groups excluding carboxylic acids is 1. The number of methoxy groups -OCH3 is 1. The van der Waals surface area contributed by atoms with Crippen LogP contribution in [0.5, 0.6) is 0 Å². The van der Waals surface area contributed by atoms with E-state index in [9.17, 15) is 4.79 Å². The number of hydrogen-bond acceptors (Lipinski definition) is 3. The first-order valence-electron chi connectivity index (χ1n) is 8.47. The number of halogens is 1. The molecule has 0 unspecified atom stereocenters. The zero-order valence-electron chi connectivity index (χ0n) is 14.6. The first kappa shape index (κ1) is 17.2. The molecule has 0 spiro atoms. The molecule has 0 aliphatic carbocycles. The normalized spacial score (nSPS) is 10.7. The molecule has 4 nitrogen and oxygen atoms in total. The summed E-state index contributed by atoms with van der Waals surface area (Å²) in [5.74, 6) is -0.434. The Balaban J connectivity index is 1.70. The van der Waals surface area contributed by atoms with Crippen LogP contribution in [0.15, 0.2) is 79.0 Å². The topological polar surface area (TPSA) is 43.3 Å². The molecule has 0 amide bonds. The molecule has 1 N–H and O–H groups in total. The van der Waals surface area contributed by atoms with Crippen LogP contribution in [0.1, 0.15) is 10.4 Å². The highest BCUT2D eigenvalue weighted by Crippen LogP contribution is 2.28. The van der Waals surface area contributed by atoms with Crippen molar-refractivity contribution in [2.24, 2.45) is 0 Å². The lowest BCUT2D eigenvalue weighted by atomic mass is 10.1. The second-order valence-corrected chi connectivity index (χ2v) is 6.54. The number of nitrogens with zero attached hydrogens (tertiary/aromatic N) is 1. The van der Waals surface area contributed by atoms with Gasteiger partial charge in [-0.3, -0.25) is 0 Å². The van der Waals surface area contributed by atoms with E-state index in [-0.39, 0.29) is 0 Å². The van der Waals surface area contributed by atoms with Crippen LogP contribution in [0.4, 0.5) is 11.4 Å². The summed E-state index contributed by atoms with van der Waals surface area (Å²) in [6.07, 6.45) is 2.05. The largest absolute Gasteiger partial charge is 0.465 e. The van der Waals surface area contributed by atoms with Gasteiger partial charge >= 0.3 is 5.97 Å². The van der Waals surface area contributed by atoms with Gasteiger partial charge < -0.3 is 14.6 Å². The molecule has 1 aromatic heterocycles. The van der Waals surface area contributed by atoms with Crippen molar-refractivity contribution in [3.63, 3.8) is 0 Å². The number of ether oxygens (including phenoxy) is 1. The number of para-hydroxylation sites is 1. The summed E-state index contributed by atoms with van der Waals surface area (Å²) in [6, 6.07) is 23.4. The first-order chi connectivity index (χ1) is 13.2. The minimum Gasteiger partial charge on any atom is -0.465 e. The third kappa shape index (κ3) is 3.39. The van der Waals surface area contributed by atoms with Crippen LogP contribution >= 0.6 is 11.6 Å². The minimum absolute atomic E-state index is 0.395. The number of esters is 1. The standard InChI is InChI=1S/C22H17ClN2O2/c1-27-22(26)19-14-16(23)7-9-20(19)24-17-8-10-21-15(13-17)11-12-25(21)18-5-3-2-4-6-18/h2-14,24H,1H3. The van der Waals surface area contributed by atoms with E-state index >= 15 is 0 Å². The average Bonchev–Trinajstić information content (AvgIpc) is 3.12. The Morgan fingerprint density at radius 3 is 2.59 bits per heavy atom. The van der Waals surface area contributed by atoms with Crippen LogP contribution < -0.4 is 5.32 Å². The predicted molar refractivity (Wildman–Crippen MR) is 109 cm³/mol. The van der Waals surface area contributed by atoms with E-state index in [0.717, 1.165) is 22.3 Å². The Bertz CT molecular complexity index is 1120. The fourth-order valence-electron chi connectivity index (χ4n) is 3.09. The quantitative estimate of drug-likeness (QED) is 0.457. The molecule has 0 saturated carbocycles. The molecule has 0 aliphatic rings. The van der Waals surface area contributed by atoms with Crippen LogP contribution in [0.2, 0.25) is 5.02 Å². The summed E-state index contributed by atoms with van der Waals surface area (Å²) in [5, 5.41) is 4.86. The van der Waals surface area contributed by atoms with E-state index in [1.807, 2.05) is 36.5 Å². The summed E-state index contributed by atoms with van der Waals surface area (Å²) in [6.45, 7) is 0. The predicted octanol–water partition coefficient (Wildman–Crippen LogP) is 5.81. The fourth-order valence-corrected chi connectivity index (χ4v) is 3.27. The van der Waals surface area contributed by atoms with Crippen LogP contribution in [0.25, 0.3) is 16.6 Å². The zero-order chi connectivity index (χ0) is 18.8. The van der Waals surface area contributed by atoms with Crippen LogP contribution in [0, 0.1) is 0 Å². The molecule has 4 aromatic rings. The number of nitrogens with one attached hydrogen (secondary N) is 1. The van der Waals surface area contributed by atoms with Crippen molar-refractivity contribution >= 4 is 39.8 Å². The molecule has 134 valence electrons. The lowest BCUT2D eigenvalue weighted by Crippen LogP contribution is -2.05. The smallest absolute Gasteiger partial charge is 0.340 e. The Kier molecular flexibility index (Phi) is 4.57. The van der Waals surface area contributed by atoms with Gasteiger partial charge in [0.1, 0.15) is 0 Å². The van der Waals surface area contributed by atoms with Gasteiger partial charge in [-0.05, 0) is 54.6 Å². The first-order valence-corrected chi connectivity index (χ1v) is 8.85. The van der Waals surface area contributed by atoms with Crippen LogP contribution in [0.3, 0.4) is 0 Å². The molecule has 1 heterocycles. The molecule has 0 saturated heterocycles. The maximum Gasteiger partial charge on any atom is 0.340 e. The highest BCUT2D eigenvalue weighted by molar-refractivity contribution is 6.31. The zero-order valence-corrected chi connectivity index (χ0v) is 15.4. The van der Waals surface area contributed by atoms with Crippen molar-refractivity contribution < 1.29 is 9.53 Å². The average molecular weight is 377 g/mol. The molecular weight excluding hydrogens is 360 g/mol. The Hall–Kier alpha value is -3.24. The molecule has 0 aliphatic heterocycles. The molecule has 5 heteroatoms.